The molecule has 1 aromatic rings. The summed E-state index contributed by atoms with van der Waals surface area (Å²) < 4.78 is 5.03. The van der Waals surface area contributed by atoms with Crippen LogP contribution in [0.25, 0.3) is 6.08 Å². The van der Waals surface area contributed by atoms with Crippen LogP contribution in [-0.4, -0.2) is 5.78 Å². The molecule has 1 heterocycles. The topological polar surface area (TPSA) is 30.2 Å². The minimum absolute atomic E-state index is 0.0408. The van der Waals surface area contributed by atoms with Gasteiger partial charge in [-0.3, -0.25) is 4.79 Å². The lowest BCUT2D eigenvalue weighted by Crippen LogP contribution is -1.77. The fraction of sp³-hybridized carbons (Fsp3) is 0.100. The Morgan fingerprint density at radius 1 is 1.50 bits per heavy atom. The predicted molar refractivity (Wildman–Crippen MR) is 47.6 cm³/mol. The Hall–Kier alpha value is -1.57. The minimum Gasteiger partial charge on any atom is -0.465 e. The third-order valence-corrected chi connectivity index (χ3v) is 1.25. The van der Waals surface area contributed by atoms with E-state index in [1.54, 1.807) is 24.5 Å². The Kier molecular flexibility index (Phi) is 3.08. The van der Waals surface area contributed by atoms with Crippen molar-refractivity contribution in [3.63, 3.8) is 0 Å². The molecule has 0 saturated heterocycles. The van der Waals surface area contributed by atoms with Crippen molar-refractivity contribution in [2.45, 2.75) is 6.92 Å². The van der Waals surface area contributed by atoms with Gasteiger partial charge in [0.05, 0.1) is 6.26 Å². The summed E-state index contributed by atoms with van der Waals surface area (Å²) in [6, 6.07) is 3.66. The van der Waals surface area contributed by atoms with Crippen LogP contribution in [0.1, 0.15) is 12.7 Å². The first kappa shape index (κ1) is 8.53. The smallest absolute Gasteiger partial charge is 0.152 e. The molecular formula is C10H10O2. The van der Waals surface area contributed by atoms with Crippen LogP contribution in [0.5, 0.6) is 0 Å². The number of carbonyl (C=O) groups excluding carboxylic acids is 1. The monoisotopic (exact) mass is 162 g/mol. The van der Waals surface area contributed by atoms with E-state index < -0.39 is 0 Å². The second kappa shape index (κ2) is 4.34. The Labute approximate surface area is 71.2 Å². The van der Waals surface area contributed by atoms with Gasteiger partial charge in [-0.2, -0.15) is 0 Å². The van der Waals surface area contributed by atoms with E-state index in [2.05, 4.69) is 0 Å². The number of carbonyl (C=O) groups is 1. The molecule has 0 amide bonds. The summed E-state index contributed by atoms with van der Waals surface area (Å²) >= 11 is 0. The standard InChI is InChI=1S/C10H10O2/c1-9(11)5-2-3-6-10-7-4-8-12-10/h2-8H,1H3/b5-2+,6-3+. The van der Waals surface area contributed by atoms with Gasteiger partial charge in [0.1, 0.15) is 5.76 Å². The van der Waals surface area contributed by atoms with Gasteiger partial charge in [0.25, 0.3) is 0 Å². The summed E-state index contributed by atoms with van der Waals surface area (Å²) in [6.45, 7) is 1.51. The maximum absolute atomic E-state index is 10.5. The van der Waals surface area contributed by atoms with Crippen molar-refractivity contribution in [2.75, 3.05) is 0 Å². The first-order chi connectivity index (χ1) is 5.79. The molecule has 0 fully saturated rings. The number of ketones is 1. The molecule has 0 atom stereocenters. The van der Waals surface area contributed by atoms with E-state index in [9.17, 15) is 4.79 Å². The maximum atomic E-state index is 10.5. The van der Waals surface area contributed by atoms with E-state index in [0.29, 0.717) is 0 Å². The lowest BCUT2D eigenvalue weighted by atomic mass is 10.3. The Balaban J connectivity index is 2.47. The molecular weight excluding hydrogens is 152 g/mol. The number of furan rings is 1. The molecule has 0 unspecified atom stereocenters. The van der Waals surface area contributed by atoms with Crippen molar-refractivity contribution in [3.05, 3.63) is 42.4 Å². The highest BCUT2D eigenvalue weighted by Crippen LogP contribution is 2.01. The maximum Gasteiger partial charge on any atom is 0.152 e. The van der Waals surface area contributed by atoms with Crippen molar-refractivity contribution in [2.24, 2.45) is 0 Å². The third-order valence-electron chi connectivity index (χ3n) is 1.25. The summed E-state index contributed by atoms with van der Waals surface area (Å²) in [6.07, 6.45) is 8.35. The highest BCUT2D eigenvalue weighted by atomic mass is 16.3. The average molecular weight is 162 g/mol. The largest absolute Gasteiger partial charge is 0.465 e. The molecule has 0 saturated carbocycles. The van der Waals surface area contributed by atoms with Gasteiger partial charge < -0.3 is 4.42 Å². The summed E-state index contributed by atoms with van der Waals surface area (Å²) in [5.41, 5.74) is 0. The van der Waals surface area contributed by atoms with Gasteiger partial charge in [0, 0.05) is 0 Å². The van der Waals surface area contributed by atoms with Crippen molar-refractivity contribution in [1.82, 2.24) is 0 Å². The molecule has 0 spiro atoms. The Bertz CT molecular complexity index is 292. The second-order valence-electron chi connectivity index (χ2n) is 2.34. The van der Waals surface area contributed by atoms with E-state index >= 15 is 0 Å². The molecule has 62 valence electrons. The van der Waals surface area contributed by atoms with Crippen molar-refractivity contribution in [3.8, 4) is 0 Å². The zero-order valence-electron chi connectivity index (χ0n) is 6.86. The van der Waals surface area contributed by atoms with Gasteiger partial charge in [-0.25, -0.2) is 0 Å². The van der Waals surface area contributed by atoms with Gasteiger partial charge in [-0.15, -0.1) is 0 Å². The summed E-state index contributed by atoms with van der Waals surface area (Å²) in [7, 11) is 0. The van der Waals surface area contributed by atoms with Crippen LogP contribution < -0.4 is 0 Å². The number of hydrogen-bond donors (Lipinski definition) is 0. The quantitative estimate of drug-likeness (QED) is 0.504. The molecule has 0 N–H and O–H groups in total. The molecule has 1 aromatic heterocycles. The van der Waals surface area contributed by atoms with Gasteiger partial charge >= 0.3 is 0 Å². The number of rotatable bonds is 3. The first-order valence-electron chi connectivity index (χ1n) is 3.68. The zero-order valence-corrected chi connectivity index (χ0v) is 6.86. The fourth-order valence-corrected chi connectivity index (χ4v) is 0.728. The SMILES string of the molecule is CC(=O)/C=C/C=C/c1ccco1. The van der Waals surface area contributed by atoms with Crippen LogP contribution >= 0.6 is 0 Å². The molecule has 0 bridgehead atoms. The first-order valence-corrected chi connectivity index (χ1v) is 3.68. The molecule has 0 aliphatic carbocycles. The highest BCUT2D eigenvalue weighted by Gasteiger charge is 1.84. The van der Waals surface area contributed by atoms with Gasteiger partial charge in [0.2, 0.25) is 0 Å². The van der Waals surface area contributed by atoms with Crippen LogP contribution in [0, 0.1) is 0 Å². The molecule has 0 aromatic carbocycles. The van der Waals surface area contributed by atoms with Gasteiger partial charge in [-0.1, -0.05) is 12.2 Å². The van der Waals surface area contributed by atoms with Crippen molar-refractivity contribution < 1.29 is 9.21 Å². The van der Waals surface area contributed by atoms with E-state index in [1.807, 2.05) is 12.1 Å². The van der Waals surface area contributed by atoms with Crippen LogP contribution in [0.4, 0.5) is 0 Å². The van der Waals surface area contributed by atoms with Gasteiger partial charge in [0.15, 0.2) is 5.78 Å². The molecule has 2 nitrogen and oxygen atoms in total. The zero-order chi connectivity index (χ0) is 8.81. The normalized spacial score (nSPS) is 11.4. The van der Waals surface area contributed by atoms with Crippen molar-refractivity contribution >= 4 is 11.9 Å². The van der Waals surface area contributed by atoms with E-state index in [1.165, 1.54) is 13.0 Å². The Morgan fingerprint density at radius 2 is 2.33 bits per heavy atom. The second-order valence-corrected chi connectivity index (χ2v) is 2.34. The van der Waals surface area contributed by atoms with Crippen LogP contribution in [-0.2, 0) is 4.79 Å². The Morgan fingerprint density at radius 3 is 2.92 bits per heavy atom. The molecule has 0 radical (unpaired) electrons. The van der Waals surface area contributed by atoms with Crippen LogP contribution in [0.15, 0.2) is 41.0 Å². The summed E-state index contributed by atoms with van der Waals surface area (Å²) in [4.78, 5) is 10.5. The molecule has 0 aliphatic rings. The summed E-state index contributed by atoms with van der Waals surface area (Å²) in [5, 5.41) is 0. The number of allylic oxidation sites excluding steroid dienone is 3. The van der Waals surface area contributed by atoms with Crippen LogP contribution in [0.3, 0.4) is 0 Å². The number of hydrogen-bond acceptors (Lipinski definition) is 2. The van der Waals surface area contributed by atoms with Crippen LogP contribution in [0.2, 0.25) is 0 Å². The minimum atomic E-state index is 0.0408. The predicted octanol–water partition coefficient (Wildman–Crippen LogP) is 2.44. The lowest BCUT2D eigenvalue weighted by Gasteiger charge is -1.79. The lowest BCUT2D eigenvalue weighted by molar-refractivity contribution is -0.112. The molecule has 1 rings (SSSR count). The molecule has 12 heavy (non-hydrogen) atoms. The highest BCUT2D eigenvalue weighted by molar-refractivity contribution is 5.87. The third kappa shape index (κ3) is 3.01. The molecule has 2 heteroatoms. The molecule has 0 aliphatic heterocycles. The van der Waals surface area contributed by atoms with E-state index in [4.69, 9.17) is 4.42 Å². The van der Waals surface area contributed by atoms with Crippen molar-refractivity contribution in [1.29, 1.82) is 0 Å². The van der Waals surface area contributed by atoms with E-state index in [0.717, 1.165) is 5.76 Å². The van der Waals surface area contributed by atoms with E-state index in [-0.39, 0.29) is 5.78 Å². The van der Waals surface area contributed by atoms with Gasteiger partial charge in [-0.05, 0) is 31.2 Å². The summed E-state index contributed by atoms with van der Waals surface area (Å²) in [5.74, 6) is 0.822. The average Bonchev–Trinajstić information content (AvgIpc) is 2.49. The fourth-order valence-electron chi connectivity index (χ4n) is 0.728.